The number of carbonyl (C=O) groups excluding carboxylic acids is 1. The molecule has 3 aromatic carbocycles. The molecule has 4 rings (SSSR count). The molecule has 0 bridgehead atoms. The van der Waals surface area contributed by atoms with Crippen LogP contribution in [0.2, 0.25) is 0 Å². The third-order valence-corrected chi connectivity index (χ3v) is 5.28. The predicted molar refractivity (Wildman–Crippen MR) is 132 cm³/mol. The lowest BCUT2D eigenvalue weighted by Gasteiger charge is -2.14. The van der Waals surface area contributed by atoms with Gasteiger partial charge in [-0.3, -0.25) is 24.0 Å². The molecule has 0 saturated heterocycles. The molecular weight excluding hydrogens is 440 g/mol. The summed E-state index contributed by atoms with van der Waals surface area (Å²) in [6.45, 7) is 2.02. The Morgan fingerprint density at radius 3 is 1.97 bits per heavy atom. The van der Waals surface area contributed by atoms with Gasteiger partial charge in [0, 0.05) is 28.1 Å². The van der Waals surface area contributed by atoms with Crippen molar-refractivity contribution in [2.75, 3.05) is 28.6 Å². The number of nitrogen functional groups attached to an aromatic ring is 1. The largest absolute Gasteiger partial charge is 0.493 e. The number of hydrogen-bond donors (Lipinski definition) is 2. The zero-order valence-electron chi connectivity index (χ0n) is 19.7. The summed E-state index contributed by atoms with van der Waals surface area (Å²) < 4.78 is 29.8. The van der Waals surface area contributed by atoms with Gasteiger partial charge >= 0.3 is 0 Å². The number of aryl methyl sites for hydroxylation is 1. The van der Waals surface area contributed by atoms with Gasteiger partial charge in [-0.1, -0.05) is 36.4 Å². The van der Waals surface area contributed by atoms with E-state index in [0.717, 1.165) is 16.3 Å². The van der Waals surface area contributed by atoms with Gasteiger partial charge in [-0.05, 0) is 35.4 Å². The number of amidine groups is 1. The summed E-state index contributed by atoms with van der Waals surface area (Å²) in [7, 11) is 4.06. The third kappa shape index (κ3) is 4.80. The Balaban J connectivity index is 0.000000970. The van der Waals surface area contributed by atoms with E-state index >= 15 is 0 Å². The minimum absolute atomic E-state index is 0.139. The Morgan fingerprint density at radius 2 is 1.41 bits per heavy atom. The highest BCUT2D eigenvalue weighted by Crippen LogP contribution is 2.36. The Labute approximate surface area is 196 Å². The van der Waals surface area contributed by atoms with Crippen LogP contribution in [0.5, 0.6) is 11.5 Å². The quantitative estimate of drug-likeness (QED) is 0.233. The number of nitrogens with zero attached hydrogens (tertiary/aromatic N) is 1. The van der Waals surface area contributed by atoms with E-state index < -0.39 is 0 Å². The molecule has 0 aliphatic heterocycles. The van der Waals surface area contributed by atoms with Gasteiger partial charge in [0.25, 0.3) is 0 Å². The number of fused-ring (bicyclic) bond motifs is 2. The van der Waals surface area contributed by atoms with E-state index in [-0.39, 0.29) is 17.3 Å². The van der Waals surface area contributed by atoms with Crippen molar-refractivity contribution in [2.45, 2.75) is 6.92 Å². The summed E-state index contributed by atoms with van der Waals surface area (Å²) >= 11 is 0. The Bertz CT molecular complexity index is 1340. The molecule has 0 unspecified atom stereocenters. The Kier molecular flexibility index (Phi) is 9.01. The minimum Gasteiger partial charge on any atom is -0.493 e. The van der Waals surface area contributed by atoms with Crippen molar-refractivity contribution in [3.8, 4) is 11.5 Å². The van der Waals surface area contributed by atoms with Crippen LogP contribution in [0.4, 0.5) is 8.78 Å². The molecule has 0 radical (unpaired) electrons. The topological polar surface area (TPSA) is 98.3 Å². The average molecular weight is 468 g/mol. The maximum absolute atomic E-state index is 13.6. The predicted octanol–water partition coefficient (Wildman–Crippen LogP) is 5.40. The van der Waals surface area contributed by atoms with Gasteiger partial charge in [0.2, 0.25) is 5.78 Å². The number of nitrogens with one attached hydrogen (secondary N) is 1. The highest BCUT2D eigenvalue weighted by Gasteiger charge is 2.21. The van der Waals surface area contributed by atoms with Gasteiger partial charge in [-0.15, -0.1) is 0 Å². The molecule has 0 amide bonds. The molecule has 34 heavy (non-hydrogen) atoms. The smallest absolute Gasteiger partial charge is 0.212 e. The maximum atomic E-state index is 13.6. The molecule has 0 saturated carbocycles. The molecule has 1 aromatic heterocycles. The van der Waals surface area contributed by atoms with E-state index in [1.807, 2.05) is 43.3 Å². The Morgan fingerprint density at radius 1 is 0.853 bits per heavy atom. The summed E-state index contributed by atoms with van der Waals surface area (Å²) in [6.07, 6.45) is 1.46. The van der Waals surface area contributed by atoms with E-state index in [9.17, 15) is 13.6 Å². The van der Waals surface area contributed by atoms with Gasteiger partial charge < -0.3 is 15.2 Å². The van der Waals surface area contributed by atoms with E-state index in [0.29, 0.717) is 47.8 Å². The average Bonchev–Trinajstić information content (AvgIpc) is 2.89. The van der Waals surface area contributed by atoms with Gasteiger partial charge in [-0.25, -0.2) is 0 Å². The number of alkyl halides is 2. The van der Waals surface area contributed by atoms with Crippen molar-refractivity contribution < 1.29 is 23.0 Å². The molecule has 0 aliphatic carbocycles. The fourth-order valence-electron chi connectivity index (χ4n) is 3.74. The fraction of sp³-hybridized carbons (Fsp3) is 0.192. The van der Waals surface area contributed by atoms with Crippen LogP contribution in [0.1, 0.15) is 27.2 Å². The van der Waals surface area contributed by atoms with Gasteiger partial charge in [0.05, 0.1) is 28.6 Å². The van der Waals surface area contributed by atoms with Crippen LogP contribution in [-0.4, -0.2) is 45.2 Å². The summed E-state index contributed by atoms with van der Waals surface area (Å²) in [6, 6.07) is 15.0. The van der Waals surface area contributed by atoms with Crippen LogP contribution in [0.15, 0.2) is 54.7 Å². The highest BCUT2D eigenvalue weighted by atomic mass is 19.1. The number of nitrogens with two attached hydrogens (primary N) is 1. The number of aromatic nitrogens is 1. The molecule has 6 nitrogen and oxygen atoms in total. The number of halogens is 2. The summed E-state index contributed by atoms with van der Waals surface area (Å²) in [5, 5.41) is 10.9. The lowest BCUT2D eigenvalue weighted by molar-refractivity contribution is 0.103. The number of carbonyl (C=O) groups is 1. The first-order valence-electron chi connectivity index (χ1n) is 10.1. The second-order valence-corrected chi connectivity index (χ2v) is 6.99. The fourth-order valence-corrected chi connectivity index (χ4v) is 3.74. The number of pyridine rings is 1. The molecule has 0 atom stereocenters. The summed E-state index contributed by atoms with van der Waals surface area (Å²) in [5.74, 6) is 0.603. The van der Waals surface area contributed by atoms with Crippen LogP contribution in [-0.2, 0) is 0 Å². The van der Waals surface area contributed by atoms with Crippen molar-refractivity contribution in [3.05, 3.63) is 77.1 Å². The SMILES string of the molecule is CF.CF.COc1cc2c(C(=N)N)cnc(C(=O)c3ccc(C)c4ccccc34)c2cc1OC. The number of benzene rings is 3. The van der Waals surface area contributed by atoms with Crippen LogP contribution in [0.3, 0.4) is 0 Å². The summed E-state index contributed by atoms with van der Waals surface area (Å²) in [4.78, 5) is 18.0. The number of methoxy groups -OCH3 is 2. The normalized spacial score (nSPS) is 9.97. The lowest BCUT2D eigenvalue weighted by Crippen LogP contribution is -2.14. The molecule has 1 heterocycles. The molecule has 0 aliphatic rings. The molecule has 3 N–H and O–H groups in total. The lowest BCUT2D eigenvalue weighted by atomic mass is 9.94. The summed E-state index contributed by atoms with van der Waals surface area (Å²) in [5.41, 5.74) is 8.11. The van der Waals surface area contributed by atoms with Crippen molar-refractivity contribution in [2.24, 2.45) is 5.73 Å². The highest BCUT2D eigenvalue weighted by molar-refractivity contribution is 6.22. The standard InChI is InChI=1S/C24H21N3O3.2CH3F/c1-13-8-9-16(15-7-5-4-6-14(13)15)23(28)22-18-11-21(30-3)20(29-2)10-17(18)19(12-27-22)24(25)26;2*1-2/h4-12H,1-3H3,(H3,25,26);2*1H3. The van der Waals surface area contributed by atoms with E-state index in [1.54, 1.807) is 12.1 Å². The zero-order chi connectivity index (χ0) is 25.4. The van der Waals surface area contributed by atoms with Crippen molar-refractivity contribution in [1.29, 1.82) is 5.41 Å². The van der Waals surface area contributed by atoms with Crippen LogP contribution in [0.25, 0.3) is 21.5 Å². The van der Waals surface area contributed by atoms with Crippen LogP contribution >= 0.6 is 0 Å². The number of ketones is 1. The monoisotopic (exact) mass is 467 g/mol. The third-order valence-electron chi connectivity index (χ3n) is 5.28. The van der Waals surface area contributed by atoms with Crippen molar-refractivity contribution in [1.82, 2.24) is 4.98 Å². The van der Waals surface area contributed by atoms with Crippen LogP contribution < -0.4 is 15.2 Å². The molecule has 8 heteroatoms. The van der Waals surface area contributed by atoms with Crippen LogP contribution in [0, 0.1) is 12.3 Å². The number of hydrogen-bond acceptors (Lipinski definition) is 5. The minimum atomic E-state index is -0.210. The molecular formula is C26H27F2N3O3. The molecule has 0 fully saturated rings. The first-order valence-corrected chi connectivity index (χ1v) is 10.1. The zero-order valence-corrected chi connectivity index (χ0v) is 19.7. The second-order valence-electron chi connectivity index (χ2n) is 6.99. The van der Waals surface area contributed by atoms with Gasteiger partial charge in [0.1, 0.15) is 11.5 Å². The Hall–Kier alpha value is -4.07. The second kappa shape index (κ2) is 11.7. The molecule has 0 spiro atoms. The van der Waals surface area contributed by atoms with E-state index in [1.165, 1.54) is 20.4 Å². The van der Waals surface area contributed by atoms with Gasteiger partial charge in [-0.2, -0.15) is 0 Å². The van der Waals surface area contributed by atoms with E-state index in [4.69, 9.17) is 20.6 Å². The maximum Gasteiger partial charge on any atom is 0.212 e. The first-order chi connectivity index (χ1) is 16.5. The van der Waals surface area contributed by atoms with Crippen molar-refractivity contribution in [3.63, 3.8) is 0 Å². The number of ether oxygens (including phenoxy) is 2. The van der Waals surface area contributed by atoms with E-state index in [2.05, 4.69) is 4.98 Å². The van der Waals surface area contributed by atoms with Gasteiger partial charge in [0.15, 0.2) is 11.5 Å². The van der Waals surface area contributed by atoms with Crippen molar-refractivity contribution >= 4 is 33.2 Å². The number of rotatable bonds is 5. The first kappa shape index (κ1) is 26.2. The molecule has 178 valence electrons. The molecule has 4 aromatic rings.